The molecule has 0 aliphatic rings. The van der Waals surface area contributed by atoms with Crippen molar-refractivity contribution in [1.29, 1.82) is 0 Å². The third-order valence-electron chi connectivity index (χ3n) is 2.80. The van der Waals surface area contributed by atoms with Gasteiger partial charge in [-0.05, 0) is 47.3 Å². The number of pyridine rings is 1. The number of nitrogens with one attached hydrogen (secondary N) is 1. The van der Waals surface area contributed by atoms with Crippen LogP contribution in [0.3, 0.4) is 0 Å². The lowest BCUT2D eigenvalue weighted by Gasteiger charge is -2.15. The first-order valence-corrected chi connectivity index (χ1v) is 7.83. The number of hydrogen-bond donors (Lipinski definition) is 2. The molecule has 1 atom stereocenters. The van der Waals surface area contributed by atoms with Crippen molar-refractivity contribution in [2.75, 3.05) is 19.7 Å². The van der Waals surface area contributed by atoms with Gasteiger partial charge in [-0.15, -0.1) is 0 Å². The summed E-state index contributed by atoms with van der Waals surface area (Å²) in [6.45, 7) is 3.54. The summed E-state index contributed by atoms with van der Waals surface area (Å²) < 4.78 is 6.63. The Bertz CT molecular complexity index is 595. The number of rotatable bonds is 6. The van der Waals surface area contributed by atoms with Crippen molar-refractivity contribution < 1.29 is 9.84 Å². The van der Waals surface area contributed by atoms with E-state index in [0.29, 0.717) is 17.3 Å². The molecule has 6 heteroatoms. The van der Waals surface area contributed by atoms with E-state index < -0.39 is 6.10 Å². The SMILES string of the molecule is CCNCC(O)COc1c(I)cc(Cl)c2cccnc12. The largest absolute Gasteiger partial charge is 0.487 e. The topological polar surface area (TPSA) is 54.4 Å². The van der Waals surface area contributed by atoms with Crippen LogP contribution < -0.4 is 10.1 Å². The van der Waals surface area contributed by atoms with Gasteiger partial charge in [0, 0.05) is 18.1 Å². The highest BCUT2D eigenvalue weighted by Crippen LogP contribution is 2.34. The molecule has 1 unspecified atom stereocenters. The molecule has 0 saturated heterocycles. The Balaban J connectivity index is 2.21. The van der Waals surface area contributed by atoms with E-state index in [1.165, 1.54) is 0 Å². The van der Waals surface area contributed by atoms with E-state index in [1.54, 1.807) is 6.20 Å². The smallest absolute Gasteiger partial charge is 0.159 e. The Kier molecular flexibility index (Phi) is 5.83. The first-order valence-electron chi connectivity index (χ1n) is 6.37. The average Bonchev–Trinajstić information content (AvgIpc) is 2.45. The van der Waals surface area contributed by atoms with Crippen molar-refractivity contribution in [1.82, 2.24) is 10.3 Å². The van der Waals surface area contributed by atoms with Gasteiger partial charge in [0.25, 0.3) is 0 Å². The van der Waals surface area contributed by atoms with E-state index in [4.69, 9.17) is 16.3 Å². The third kappa shape index (κ3) is 3.72. The van der Waals surface area contributed by atoms with E-state index in [0.717, 1.165) is 21.0 Å². The zero-order valence-corrected chi connectivity index (χ0v) is 14.0. The Morgan fingerprint density at radius 2 is 2.35 bits per heavy atom. The minimum absolute atomic E-state index is 0.219. The molecule has 0 aliphatic carbocycles. The van der Waals surface area contributed by atoms with Crippen LogP contribution in [0.4, 0.5) is 0 Å². The van der Waals surface area contributed by atoms with E-state index in [9.17, 15) is 5.11 Å². The Morgan fingerprint density at radius 3 is 3.10 bits per heavy atom. The highest BCUT2D eigenvalue weighted by Gasteiger charge is 2.13. The fourth-order valence-electron chi connectivity index (χ4n) is 1.83. The number of benzene rings is 1. The molecule has 0 amide bonds. The van der Waals surface area contributed by atoms with Gasteiger partial charge in [-0.3, -0.25) is 4.98 Å². The lowest BCUT2D eigenvalue weighted by Crippen LogP contribution is -2.31. The fraction of sp³-hybridized carbons (Fsp3) is 0.357. The summed E-state index contributed by atoms with van der Waals surface area (Å²) in [5.41, 5.74) is 0.722. The number of nitrogens with zero attached hydrogens (tertiary/aromatic N) is 1. The highest BCUT2D eigenvalue weighted by molar-refractivity contribution is 14.1. The van der Waals surface area contributed by atoms with Gasteiger partial charge in [0.15, 0.2) is 5.75 Å². The van der Waals surface area contributed by atoms with Gasteiger partial charge in [-0.25, -0.2) is 0 Å². The fourth-order valence-corrected chi connectivity index (χ4v) is 3.00. The third-order valence-corrected chi connectivity index (χ3v) is 3.91. The molecule has 0 radical (unpaired) electrons. The molecule has 0 fully saturated rings. The van der Waals surface area contributed by atoms with Crippen LogP contribution in [-0.2, 0) is 0 Å². The molecule has 0 saturated carbocycles. The second-order valence-corrected chi connectivity index (χ2v) is 5.91. The molecular weight excluding hydrogens is 391 g/mol. The predicted octanol–water partition coefficient (Wildman–Crippen LogP) is 2.84. The van der Waals surface area contributed by atoms with Crippen molar-refractivity contribution >= 4 is 45.1 Å². The molecule has 108 valence electrons. The predicted molar refractivity (Wildman–Crippen MR) is 89.5 cm³/mol. The highest BCUT2D eigenvalue weighted by atomic mass is 127. The first-order chi connectivity index (χ1) is 9.63. The number of hydrogen-bond acceptors (Lipinski definition) is 4. The molecule has 2 aromatic rings. The molecule has 1 heterocycles. The summed E-state index contributed by atoms with van der Waals surface area (Å²) in [6, 6.07) is 5.59. The summed E-state index contributed by atoms with van der Waals surface area (Å²) in [4.78, 5) is 4.33. The van der Waals surface area contributed by atoms with Crippen LogP contribution in [0.5, 0.6) is 5.75 Å². The van der Waals surface area contributed by atoms with Crippen molar-refractivity contribution in [2.45, 2.75) is 13.0 Å². The van der Waals surface area contributed by atoms with Crippen LogP contribution >= 0.6 is 34.2 Å². The molecule has 20 heavy (non-hydrogen) atoms. The van der Waals surface area contributed by atoms with Gasteiger partial charge >= 0.3 is 0 Å². The van der Waals surface area contributed by atoms with Crippen LogP contribution in [0.25, 0.3) is 10.9 Å². The van der Waals surface area contributed by atoms with Crippen LogP contribution in [0.1, 0.15) is 6.92 Å². The molecule has 1 aromatic carbocycles. The maximum atomic E-state index is 9.82. The summed E-state index contributed by atoms with van der Waals surface area (Å²) in [6.07, 6.45) is 1.15. The number of fused-ring (bicyclic) bond motifs is 1. The van der Waals surface area contributed by atoms with Crippen LogP contribution in [0.15, 0.2) is 24.4 Å². The summed E-state index contributed by atoms with van der Waals surface area (Å²) in [7, 11) is 0. The molecule has 4 nitrogen and oxygen atoms in total. The number of halogens is 2. The molecule has 0 bridgehead atoms. The van der Waals surface area contributed by atoms with Gasteiger partial charge in [-0.2, -0.15) is 0 Å². The summed E-state index contributed by atoms with van der Waals surface area (Å²) in [5.74, 6) is 0.668. The maximum Gasteiger partial charge on any atom is 0.159 e. The van der Waals surface area contributed by atoms with Gasteiger partial charge in [0.05, 0.1) is 8.59 Å². The van der Waals surface area contributed by atoms with Gasteiger partial charge < -0.3 is 15.2 Å². The zero-order chi connectivity index (χ0) is 14.5. The van der Waals surface area contributed by atoms with Crippen LogP contribution in [-0.4, -0.2) is 35.9 Å². The second kappa shape index (κ2) is 7.40. The van der Waals surface area contributed by atoms with E-state index in [2.05, 4.69) is 32.9 Å². The molecular formula is C14H16ClIN2O2. The van der Waals surface area contributed by atoms with Crippen LogP contribution in [0.2, 0.25) is 5.02 Å². The molecule has 0 aliphatic heterocycles. The van der Waals surface area contributed by atoms with Crippen molar-refractivity contribution in [2.24, 2.45) is 0 Å². The van der Waals surface area contributed by atoms with Crippen molar-refractivity contribution in [3.63, 3.8) is 0 Å². The normalized spacial score (nSPS) is 12.6. The van der Waals surface area contributed by atoms with E-state index in [1.807, 2.05) is 25.1 Å². The van der Waals surface area contributed by atoms with E-state index in [-0.39, 0.29) is 6.61 Å². The van der Waals surface area contributed by atoms with Crippen molar-refractivity contribution in [3.05, 3.63) is 33.0 Å². The first kappa shape index (κ1) is 15.8. The standard InChI is InChI=1S/C14H16ClIN2O2/c1-2-17-7-9(19)8-20-14-12(16)6-11(15)10-4-3-5-18-13(10)14/h3-6,9,17,19H,2,7-8H2,1H3. The van der Waals surface area contributed by atoms with Gasteiger partial charge in [0.2, 0.25) is 0 Å². The minimum atomic E-state index is -0.555. The Morgan fingerprint density at radius 1 is 1.55 bits per heavy atom. The number of likely N-dealkylation sites (N-methyl/N-ethyl adjacent to an activating group) is 1. The zero-order valence-electron chi connectivity index (χ0n) is 11.1. The number of aliphatic hydroxyl groups excluding tert-OH is 1. The summed E-state index contributed by atoms with van der Waals surface area (Å²) >= 11 is 8.37. The second-order valence-electron chi connectivity index (χ2n) is 4.34. The molecule has 2 rings (SSSR count). The Hall–Kier alpha value is -0.630. The monoisotopic (exact) mass is 406 g/mol. The van der Waals surface area contributed by atoms with Gasteiger partial charge in [-0.1, -0.05) is 18.5 Å². The number of aliphatic hydroxyl groups is 1. The number of aromatic nitrogens is 1. The average molecular weight is 407 g/mol. The van der Waals surface area contributed by atoms with E-state index >= 15 is 0 Å². The summed E-state index contributed by atoms with van der Waals surface area (Å²) in [5, 5.41) is 14.4. The maximum absolute atomic E-state index is 9.82. The minimum Gasteiger partial charge on any atom is -0.487 e. The van der Waals surface area contributed by atoms with Gasteiger partial charge in [0.1, 0.15) is 18.2 Å². The van der Waals surface area contributed by atoms with Crippen molar-refractivity contribution in [3.8, 4) is 5.75 Å². The molecule has 1 aromatic heterocycles. The lowest BCUT2D eigenvalue weighted by atomic mass is 10.2. The number of ether oxygens (including phenoxy) is 1. The Labute approximate surface area is 136 Å². The molecule has 2 N–H and O–H groups in total. The molecule has 0 spiro atoms. The van der Waals surface area contributed by atoms with Crippen LogP contribution in [0, 0.1) is 3.57 Å². The quantitative estimate of drug-likeness (QED) is 0.725. The lowest BCUT2D eigenvalue weighted by molar-refractivity contribution is 0.107.